The average molecular weight is 815 g/mol. The minimum absolute atomic E-state index is 0.393. The summed E-state index contributed by atoms with van der Waals surface area (Å²) < 4.78 is 131. The third-order valence-electron chi connectivity index (χ3n) is 6.76. The molecule has 22 nitrogen and oxygen atoms in total. The van der Waals surface area contributed by atoms with Crippen LogP contribution in [0.2, 0.25) is 0 Å². The molecule has 2 heterocycles. The summed E-state index contributed by atoms with van der Waals surface area (Å²) >= 11 is 0. The third-order valence-corrected chi connectivity index (χ3v) is 10.1. The van der Waals surface area contributed by atoms with Crippen molar-refractivity contribution in [1.29, 1.82) is 0 Å². The highest BCUT2D eigenvalue weighted by Crippen LogP contribution is 2.31. The number of benzene rings is 2. The maximum Gasteiger partial charge on any atom is 0.294 e. The third kappa shape index (κ3) is 9.02. The number of nitrogens with zero attached hydrogens (tertiary/aromatic N) is 4. The molecule has 2 aliphatic heterocycles. The number of carbonyl (C=O) groups is 4. The number of hydrazone groups is 2. The van der Waals surface area contributed by atoms with Crippen molar-refractivity contribution in [1.82, 2.24) is 0 Å². The predicted molar refractivity (Wildman–Crippen MR) is 179 cm³/mol. The van der Waals surface area contributed by atoms with Crippen molar-refractivity contribution in [3.8, 4) is 0 Å². The fourth-order valence-corrected chi connectivity index (χ4v) is 6.76. The molecule has 0 spiro atoms. The molecule has 8 N–H and O–H groups in total. The molecular formula is C27H22N6O16S4. The number of carbonyl (C=O) groups excluding carboxylic acids is 4. The second kappa shape index (κ2) is 14.4. The maximum absolute atomic E-state index is 13.2. The van der Waals surface area contributed by atoms with E-state index < -0.39 is 118 Å². The Morgan fingerprint density at radius 2 is 1.02 bits per heavy atom. The van der Waals surface area contributed by atoms with Gasteiger partial charge in [-0.1, -0.05) is 36.5 Å². The summed E-state index contributed by atoms with van der Waals surface area (Å²) in [6, 6.07) is 3.37. The van der Waals surface area contributed by atoms with Crippen molar-refractivity contribution in [3.63, 3.8) is 0 Å². The quantitative estimate of drug-likeness (QED) is 0.0846. The summed E-state index contributed by atoms with van der Waals surface area (Å²) in [6.45, 7) is 0. The predicted octanol–water partition coefficient (Wildman–Crippen LogP) is -1.04. The first kappa shape index (κ1) is 40.0. The summed E-state index contributed by atoms with van der Waals surface area (Å²) in [4.78, 5) is 46.2. The van der Waals surface area contributed by atoms with E-state index in [-0.39, 0.29) is 0 Å². The first-order valence-corrected chi connectivity index (χ1v) is 19.4. The molecule has 0 aliphatic carbocycles. The normalized spacial score (nSPS) is 18.2. The molecule has 0 radical (unpaired) electrons. The highest BCUT2D eigenvalue weighted by molar-refractivity contribution is 7.87. The Hall–Kier alpha value is -5.74. The number of allylic oxidation sites excluding steroid dienone is 6. The summed E-state index contributed by atoms with van der Waals surface area (Å²) in [5, 5.41) is 8.26. The van der Waals surface area contributed by atoms with Crippen LogP contribution in [0.15, 0.2) is 114 Å². The average Bonchev–Trinajstić information content (AvgIpc) is 3.54. The van der Waals surface area contributed by atoms with E-state index in [2.05, 4.69) is 10.2 Å². The zero-order valence-corrected chi connectivity index (χ0v) is 29.1. The van der Waals surface area contributed by atoms with Crippen molar-refractivity contribution in [2.45, 2.75) is 19.6 Å². The minimum atomic E-state index is -5.07. The molecule has 4 amide bonds. The van der Waals surface area contributed by atoms with E-state index in [0.29, 0.717) is 46.4 Å². The fourth-order valence-electron chi connectivity index (χ4n) is 4.42. The molecule has 0 aromatic heterocycles. The van der Waals surface area contributed by atoms with Gasteiger partial charge in [0.2, 0.25) is 0 Å². The largest absolute Gasteiger partial charge is 0.364 e. The second-order valence-corrected chi connectivity index (χ2v) is 16.1. The summed E-state index contributed by atoms with van der Waals surface area (Å²) in [6.07, 6.45) is 8.40. The standard InChI is InChI=1S/C27H22N6O16S4/c28-24(34)22-20(26(36)32(30-22)14-8-16(50(38,39)40)12-17(9-14)51(41,42)43)6-4-2-1-3-5-7-21-23(25(29)35)31-33(27(21)37)15-10-18(52(44,45)46)13-19(11-15)53(47,48)49/h1-13,20H,(H2,28,34)(H2,29,35)(H,38,39,40)(H,41,42,43)(H,44,45,46)(H,47,48,49)/b2-1+,5-3+,6-4+,21-7-. The lowest BCUT2D eigenvalue weighted by Crippen LogP contribution is -2.31. The van der Waals surface area contributed by atoms with Gasteiger partial charge in [-0.3, -0.25) is 37.4 Å². The first-order chi connectivity index (χ1) is 24.3. The highest BCUT2D eigenvalue weighted by atomic mass is 32.2. The van der Waals surface area contributed by atoms with Crippen LogP contribution in [0.25, 0.3) is 0 Å². The van der Waals surface area contributed by atoms with Crippen LogP contribution in [0.4, 0.5) is 11.4 Å². The molecule has 2 aromatic carbocycles. The van der Waals surface area contributed by atoms with Gasteiger partial charge in [-0.15, -0.1) is 0 Å². The van der Waals surface area contributed by atoms with E-state index in [1.54, 1.807) is 0 Å². The Labute approximate surface area is 298 Å². The molecule has 280 valence electrons. The zero-order valence-electron chi connectivity index (χ0n) is 25.8. The zero-order chi connectivity index (χ0) is 39.8. The van der Waals surface area contributed by atoms with Crippen LogP contribution in [0, 0.1) is 5.92 Å². The molecule has 53 heavy (non-hydrogen) atoms. The van der Waals surface area contributed by atoms with Crippen LogP contribution in [0.3, 0.4) is 0 Å². The lowest BCUT2D eigenvalue weighted by molar-refractivity contribution is -0.119. The van der Waals surface area contributed by atoms with Gasteiger partial charge >= 0.3 is 0 Å². The van der Waals surface area contributed by atoms with Crippen LogP contribution in [0.5, 0.6) is 0 Å². The van der Waals surface area contributed by atoms with Gasteiger partial charge in [-0.2, -0.15) is 53.9 Å². The van der Waals surface area contributed by atoms with E-state index in [1.165, 1.54) is 30.4 Å². The number of hydrogen-bond donors (Lipinski definition) is 6. The fraction of sp³-hybridized carbons (Fsp3) is 0.0370. The Kier molecular flexibility index (Phi) is 10.8. The van der Waals surface area contributed by atoms with E-state index >= 15 is 0 Å². The van der Waals surface area contributed by atoms with Gasteiger partial charge in [0.15, 0.2) is 5.71 Å². The number of amides is 4. The van der Waals surface area contributed by atoms with Crippen molar-refractivity contribution >= 4 is 86.9 Å². The van der Waals surface area contributed by atoms with E-state index in [9.17, 15) is 71.1 Å². The van der Waals surface area contributed by atoms with Crippen LogP contribution in [0.1, 0.15) is 0 Å². The molecule has 2 aromatic rings. The Morgan fingerprint density at radius 1 is 0.604 bits per heavy atom. The van der Waals surface area contributed by atoms with Crippen LogP contribution in [-0.4, -0.2) is 86.9 Å². The molecule has 2 aliphatic rings. The van der Waals surface area contributed by atoms with Crippen LogP contribution < -0.4 is 21.5 Å². The lowest BCUT2D eigenvalue weighted by atomic mass is 10.0. The van der Waals surface area contributed by atoms with Crippen LogP contribution in [-0.2, 0) is 59.7 Å². The van der Waals surface area contributed by atoms with E-state index in [1.807, 2.05) is 0 Å². The van der Waals surface area contributed by atoms with Gasteiger partial charge in [0, 0.05) is 0 Å². The van der Waals surface area contributed by atoms with Crippen molar-refractivity contribution in [2.24, 2.45) is 27.6 Å². The van der Waals surface area contributed by atoms with Crippen molar-refractivity contribution in [2.75, 3.05) is 10.0 Å². The summed E-state index contributed by atoms with van der Waals surface area (Å²) in [5.41, 5.74) is 7.77. The number of nitrogens with two attached hydrogens (primary N) is 2. The first-order valence-electron chi connectivity index (χ1n) is 13.7. The van der Waals surface area contributed by atoms with Gasteiger partial charge in [-0.05, 0) is 42.5 Å². The Morgan fingerprint density at radius 3 is 1.43 bits per heavy atom. The number of rotatable bonds is 12. The Bertz CT molecular complexity index is 2530. The lowest BCUT2D eigenvalue weighted by Gasteiger charge is -2.15. The second-order valence-electron chi connectivity index (χ2n) is 10.4. The molecule has 1 unspecified atom stereocenters. The number of hydrogen-bond acceptors (Lipinski definition) is 14. The van der Waals surface area contributed by atoms with Crippen molar-refractivity contribution < 1.29 is 71.1 Å². The molecule has 0 bridgehead atoms. The van der Waals surface area contributed by atoms with Gasteiger partial charge in [0.05, 0.1) is 36.5 Å². The maximum atomic E-state index is 13.2. The topological polar surface area (TPSA) is 369 Å². The number of primary amides is 2. The highest BCUT2D eigenvalue weighted by Gasteiger charge is 2.39. The van der Waals surface area contributed by atoms with E-state index in [0.717, 1.165) is 12.2 Å². The van der Waals surface area contributed by atoms with Gasteiger partial charge < -0.3 is 11.5 Å². The summed E-state index contributed by atoms with van der Waals surface area (Å²) in [7, 11) is -20.3. The van der Waals surface area contributed by atoms with Crippen LogP contribution >= 0.6 is 0 Å². The molecule has 0 fully saturated rings. The smallest absolute Gasteiger partial charge is 0.294 e. The molecule has 4 rings (SSSR count). The molecule has 0 saturated heterocycles. The van der Waals surface area contributed by atoms with Gasteiger partial charge in [0.1, 0.15) is 11.6 Å². The Balaban J connectivity index is 1.58. The van der Waals surface area contributed by atoms with E-state index in [4.69, 9.17) is 11.5 Å². The molecule has 26 heteroatoms. The number of anilines is 2. The van der Waals surface area contributed by atoms with Crippen molar-refractivity contribution in [3.05, 3.63) is 84.5 Å². The van der Waals surface area contributed by atoms with Gasteiger partial charge in [0.25, 0.3) is 64.1 Å². The monoisotopic (exact) mass is 814 g/mol. The molecule has 0 saturated carbocycles. The summed E-state index contributed by atoms with van der Waals surface area (Å²) in [5.74, 6) is -6.08. The molecule has 1 atom stereocenters. The molecular weight excluding hydrogens is 793 g/mol. The van der Waals surface area contributed by atoms with Gasteiger partial charge in [-0.25, -0.2) is 0 Å². The SMILES string of the molecule is NC(=O)C1=NN(c2cc(S(=O)(=O)O)cc(S(=O)(=O)O)c2)C(=O)\C1=C/C=C/C=C/C=C/C1C(=O)N(c2cc(S(=O)(=O)O)cc(S(=O)(=O)O)c2)N=C1C(N)=O. The minimum Gasteiger partial charge on any atom is -0.364 e.